The van der Waals surface area contributed by atoms with Crippen LogP contribution in [0, 0.1) is 11.3 Å². The Bertz CT molecular complexity index is 502. The summed E-state index contributed by atoms with van der Waals surface area (Å²) >= 11 is 3.25. The van der Waals surface area contributed by atoms with E-state index >= 15 is 0 Å². The second-order valence-electron chi connectivity index (χ2n) is 3.72. The van der Waals surface area contributed by atoms with Gasteiger partial charge >= 0.3 is 0 Å². The zero-order valence-electron chi connectivity index (χ0n) is 9.56. The number of benzene rings is 1. The third-order valence-corrected chi connectivity index (χ3v) is 5.01. The first-order valence-corrected chi connectivity index (χ1v) is 8.10. The summed E-state index contributed by atoms with van der Waals surface area (Å²) in [6.45, 7) is 1.84. The number of rotatable bonds is 5. The van der Waals surface area contributed by atoms with Crippen LogP contribution >= 0.6 is 15.9 Å². The zero-order valence-corrected chi connectivity index (χ0v) is 12.0. The average Bonchev–Trinajstić information content (AvgIpc) is 2.31. The molecule has 0 N–H and O–H groups in total. The summed E-state index contributed by atoms with van der Waals surface area (Å²) in [6.07, 6.45) is 0.603. The largest absolute Gasteiger partial charge is 0.224 e. The number of sulfone groups is 1. The monoisotopic (exact) mass is 315 g/mol. The van der Waals surface area contributed by atoms with E-state index in [0.29, 0.717) is 16.6 Å². The molecular formula is C12H14BrNO2S. The van der Waals surface area contributed by atoms with Crippen molar-refractivity contribution >= 4 is 25.8 Å². The van der Waals surface area contributed by atoms with Gasteiger partial charge in [-0.2, -0.15) is 5.26 Å². The minimum Gasteiger partial charge on any atom is -0.224 e. The van der Waals surface area contributed by atoms with Gasteiger partial charge in [0.25, 0.3) is 0 Å². The van der Waals surface area contributed by atoms with E-state index in [1.54, 1.807) is 24.3 Å². The molecule has 0 spiro atoms. The van der Waals surface area contributed by atoms with Crippen LogP contribution in [-0.2, 0) is 9.84 Å². The Morgan fingerprint density at radius 2 is 1.94 bits per heavy atom. The predicted octanol–water partition coefficient (Wildman–Crippen LogP) is 2.87. The minimum atomic E-state index is -3.16. The molecular weight excluding hydrogens is 302 g/mol. The normalized spacial score (nSPS) is 13.0. The topological polar surface area (TPSA) is 57.9 Å². The highest BCUT2D eigenvalue weighted by molar-refractivity contribution is 9.09. The molecule has 0 aliphatic heterocycles. The lowest BCUT2D eigenvalue weighted by Gasteiger charge is -2.07. The summed E-state index contributed by atoms with van der Waals surface area (Å²) in [4.78, 5) is 0.328. The fraction of sp³-hybridized carbons (Fsp3) is 0.417. The summed E-state index contributed by atoms with van der Waals surface area (Å²) in [5.74, 6) is -0.0788. The van der Waals surface area contributed by atoms with Gasteiger partial charge in [-0.15, -0.1) is 0 Å². The van der Waals surface area contributed by atoms with Crippen LogP contribution in [0.25, 0.3) is 0 Å². The summed E-state index contributed by atoms with van der Waals surface area (Å²) < 4.78 is 23.6. The Hall–Kier alpha value is -0.860. The van der Waals surface area contributed by atoms with E-state index in [-0.39, 0.29) is 11.7 Å². The van der Waals surface area contributed by atoms with Crippen LogP contribution in [-0.4, -0.2) is 19.5 Å². The molecule has 0 aliphatic carbocycles. The van der Waals surface area contributed by atoms with Crippen molar-refractivity contribution in [2.75, 3.05) is 11.1 Å². The minimum absolute atomic E-state index is 0.159. The first kappa shape index (κ1) is 14.2. The number of alkyl halides is 1. The van der Waals surface area contributed by atoms with Crippen LogP contribution in [0.15, 0.2) is 29.2 Å². The number of hydrogen-bond acceptors (Lipinski definition) is 3. The van der Waals surface area contributed by atoms with Gasteiger partial charge in [-0.25, -0.2) is 8.42 Å². The average molecular weight is 316 g/mol. The Kier molecular flexibility index (Phi) is 5.16. The third kappa shape index (κ3) is 3.55. The highest BCUT2D eigenvalue weighted by Crippen LogP contribution is 2.20. The van der Waals surface area contributed by atoms with Crippen molar-refractivity contribution in [2.45, 2.75) is 24.2 Å². The van der Waals surface area contributed by atoms with E-state index in [1.807, 2.05) is 6.92 Å². The summed E-state index contributed by atoms with van der Waals surface area (Å²) in [5.41, 5.74) is 0.833. The molecule has 0 amide bonds. The van der Waals surface area contributed by atoms with Gasteiger partial charge in [-0.05, 0) is 24.1 Å². The van der Waals surface area contributed by atoms with Gasteiger partial charge in [0.15, 0.2) is 9.84 Å². The predicted molar refractivity (Wildman–Crippen MR) is 70.9 cm³/mol. The molecule has 92 valence electrons. The molecule has 0 aliphatic rings. The third-order valence-electron chi connectivity index (χ3n) is 2.42. The van der Waals surface area contributed by atoms with Crippen molar-refractivity contribution in [3.05, 3.63) is 29.8 Å². The lowest BCUT2D eigenvalue weighted by atomic mass is 10.0. The van der Waals surface area contributed by atoms with E-state index in [4.69, 9.17) is 5.26 Å². The number of nitriles is 1. The van der Waals surface area contributed by atoms with Gasteiger partial charge < -0.3 is 0 Å². The summed E-state index contributed by atoms with van der Waals surface area (Å²) in [5, 5.41) is 9.44. The lowest BCUT2D eigenvalue weighted by molar-refractivity contribution is 0.594. The number of nitrogens with zero attached hydrogens (tertiary/aromatic N) is 1. The van der Waals surface area contributed by atoms with Crippen molar-refractivity contribution < 1.29 is 8.42 Å². The van der Waals surface area contributed by atoms with Gasteiger partial charge in [0.05, 0.1) is 22.6 Å². The fourth-order valence-corrected chi connectivity index (χ4v) is 3.33. The van der Waals surface area contributed by atoms with Crippen LogP contribution in [0.3, 0.4) is 0 Å². The molecule has 0 saturated carbocycles. The maximum Gasteiger partial charge on any atom is 0.178 e. The molecule has 17 heavy (non-hydrogen) atoms. The molecule has 0 bridgehead atoms. The Morgan fingerprint density at radius 3 is 2.35 bits per heavy atom. The molecule has 1 unspecified atom stereocenters. The van der Waals surface area contributed by atoms with Crippen molar-refractivity contribution in [1.82, 2.24) is 0 Å². The molecule has 3 nitrogen and oxygen atoms in total. The molecule has 0 heterocycles. The maximum atomic E-state index is 11.8. The molecule has 0 saturated heterocycles. The first-order valence-electron chi connectivity index (χ1n) is 5.33. The van der Waals surface area contributed by atoms with E-state index in [0.717, 1.165) is 5.56 Å². The van der Waals surface area contributed by atoms with Gasteiger partial charge in [0, 0.05) is 5.33 Å². The van der Waals surface area contributed by atoms with Crippen molar-refractivity contribution in [3.8, 4) is 6.07 Å². The standard InChI is InChI=1S/C12H14BrNO2S/c1-2-7-17(15,16)12-5-3-10(4-6-12)11(8-13)9-14/h3-6,11H,2,7-8H2,1H3. The maximum absolute atomic E-state index is 11.8. The molecule has 1 rings (SSSR count). The molecule has 1 aromatic carbocycles. The molecule has 1 atom stereocenters. The van der Waals surface area contributed by atoms with E-state index in [1.165, 1.54) is 0 Å². The molecule has 5 heteroatoms. The second-order valence-corrected chi connectivity index (χ2v) is 6.48. The smallest absolute Gasteiger partial charge is 0.178 e. The SMILES string of the molecule is CCCS(=O)(=O)c1ccc(C(C#N)CBr)cc1. The van der Waals surface area contributed by atoms with Gasteiger partial charge in [-0.3, -0.25) is 0 Å². The summed E-state index contributed by atoms with van der Waals surface area (Å²) in [6, 6.07) is 8.72. The summed E-state index contributed by atoms with van der Waals surface area (Å²) in [7, 11) is -3.16. The quantitative estimate of drug-likeness (QED) is 0.785. The lowest BCUT2D eigenvalue weighted by Crippen LogP contribution is -2.06. The number of hydrogen-bond donors (Lipinski definition) is 0. The highest BCUT2D eigenvalue weighted by atomic mass is 79.9. The Morgan fingerprint density at radius 1 is 1.35 bits per heavy atom. The van der Waals surface area contributed by atoms with Crippen molar-refractivity contribution in [3.63, 3.8) is 0 Å². The molecule has 1 aromatic rings. The van der Waals surface area contributed by atoms with Gasteiger partial charge in [-0.1, -0.05) is 35.0 Å². The van der Waals surface area contributed by atoms with Crippen molar-refractivity contribution in [1.29, 1.82) is 5.26 Å². The van der Waals surface area contributed by atoms with E-state index in [9.17, 15) is 8.42 Å². The number of halogens is 1. The Labute approximate surface area is 111 Å². The highest BCUT2D eigenvalue weighted by Gasteiger charge is 2.14. The molecule has 0 fully saturated rings. The van der Waals surface area contributed by atoms with Gasteiger partial charge in [0.2, 0.25) is 0 Å². The zero-order chi connectivity index (χ0) is 12.9. The van der Waals surface area contributed by atoms with Crippen LogP contribution in [0.4, 0.5) is 0 Å². The van der Waals surface area contributed by atoms with E-state index < -0.39 is 9.84 Å². The van der Waals surface area contributed by atoms with E-state index in [2.05, 4.69) is 22.0 Å². The fourth-order valence-electron chi connectivity index (χ4n) is 1.49. The van der Waals surface area contributed by atoms with Gasteiger partial charge in [0.1, 0.15) is 0 Å². The van der Waals surface area contributed by atoms with Crippen LogP contribution in [0.5, 0.6) is 0 Å². The van der Waals surface area contributed by atoms with Crippen LogP contribution in [0.2, 0.25) is 0 Å². The second kappa shape index (κ2) is 6.18. The van der Waals surface area contributed by atoms with Crippen LogP contribution < -0.4 is 0 Å². The van der Waals surface area contributed by atoms with Crippen LogP contribution in [0.1, 0.15) is 24.8 Å². The molecule has 0 radical (unpaired) electrons. The molecule has 0 aromatic heterocycles. The first-order chi connectivity index (χ1) is 8.05. The Balaban J connectivity index is 3.01. The van der Waals surface area contributed by atoms with Crippen molar-refractivity contribution in [2.24, 2.45) is 0 Å².